The molecule has 39 heteroatoms. The van der Waals surface area contributed by atoms with Crippen LogP contribution in [0.4, 0.5) is 5.69 Å². The second kappa shape index (κ2) is 30.2. The van der Waals surface area contributed by atoms with Crippen molar-refractivity contribution in [1.29, 1.82) is 0 Å². The van der Waals surface area contributed by atoms with E-state index >= 15 is 0 Å². The molecule has 510 valence electrons. The van der Waals surface area contributed by atoms with E-state index in [-0.39, 0.29) is 18.0 Å². The van der Waals surface area contributed by atoms with E-state index in [1.807, 2.05) is 0 Å². The van der Waals surface area contributed by atoms with Gasteiger partial charge in [0.1, 0.15) is 177 Å². The minimum absolute atomic E-state index is 0.0413. The number of nitro groups is 1. The molecule has 1 aromatic carbocycles. The summed E-state index contributed by atoms with van der Waals surface area (Å²) in [7, 11) is 0. The third-order valence-corrected chi connectivity index (χ3v) is 16.5. The largest absolute Gasteiger partial charge is 0.462 e. The van der Waals surface area contributed by atoms with Gasteiger partial charge in [-0.25, -0.2) is 0 Å². The van der Waals surface area contributed by atoms with E-state index in [1.54, 1.807) is 6.92 Å². The maximum absolute atomic E-state index is 11.4. The first-order valence-corrected chi connectivity index (χ1v) is 28.3. The van der Waals surface area contributed by atoms with Crippen molar-refractivity contribution in [2.24, 2.45) is 0 Å². The smallest absolute Gasteiger partial charge is 0.269 e. The maximum Gasteiger partial charge on any atom is 0.269 e. The van der Waals surface area contributed by atoms with E-state index in [1.165, 1.54) is 12.1 Å². The molecule has 8 saturated heterocycles. The van der Waals surface area contributed by atoms with E-state index in [0.29, 0.717) is 0 Å². The molecule has 1 unspecified atom stereocenters. The second-order valence-electron chi connectivity index (χ2n) is 22.2. The number of nitro benzene ring substituents is 1. The molecule has 8 aliphatic heterocycles. The standard InChI is InChI=1S/C50H77NO38/c1-13-74-12-22-43(75-13)29(64)36(71)50(83-22)89-42-21(11-57)82-49(35(70)28(42)63)88-41-20(10-56)81-48(34(69)27(41)62)87-40-19(9-55)80-47(33(68)26(40)61)86-39-18(8-54)79-46(32(67)25(39)60)85-38-17(7-53)78-45(31(66)24(38)59)84-37-16(6-52)77-44(30(65)23(37)58)76-15-4-2-14(3-5-15)51(72)73/h2-5,13,16-50,52-71H,6-12H2,1H3/t13?,16-,17-,18-,19-,20-,21-,22-,23-,24-,25-,26-,27-,28-,29-,30-,31-,32-,33-,34-,35-,36-,37-,38-,39-,40-,41-,42-,43-,44+,45-,46-,47-,48-,49-,50-/m1/s1. The van der Waals surface area contributed by atoms with Crippen LogP contribution in [0.25, 0.3) is 0 Å². The van der Waals surface area contributed by atoms with Crippen molar-refractivity contribution in [3.05, 3.63) is 34.4 Å². The van der Waals surface area contributed by atoms with Crippen LogP contribution in [0, 0.1) is 10.1 Å². The molecule has 36 atom stereocenters. The van der Waals surface area contributed by atoms with Gasteiger partial charge in [0.05, 0.1) is 51.2 Å². The van der Waals surface area contributed by atoms with Crippen molar-refractivity contribution in [2.45, 2.75) is 228 Å². The number of benzene rings is 1. The molecule has 0 bridgehead atoms. The zero-order chi connectivity index (χ0) is 64.6. The molecule has 8 heterocycles. The number of aliphatic hydroxyl groups is 20. The lowest BCUT2D eigenvalue weighted by atomic mass is 9.95. The Morgan fingerprint density at radius 3 is 0.921 bits per heavy atom. The van der Waals surface area contributed by atoms with Crippen molar-refractivity contribution in [2.75, 3.05) is 46.2 Å². The zero-order valence-electron chi connectivity index (χ0n) is 46.8. The Kier molecular flexibility index (Phi) is 23.9. The predicted molar refractivity (Wildman–Crippen MR) is 270 cm³/mol. The minimum Gasteiger partial charge on any atom is -0.462 e. The summed E-state index contributed by atoms with van der Waals surface area (Å²) in [6, 6.07) is 4.54. The summed E-state index contributed by atoms with van der Waals surface area (Å²) in [6.07, 6.45) is -66.0. The third-order valence-electron chi connectivity index (χ3n) is 16.5. The summed E-state index contributed by atoms with van der Waals surface area (Å²) in [5.41, 5.74) is -0.286. The lowest BCUT2D eigenvalue weighted by molar-refractivity contribution is -0.400. The van der Waals surface area contributed by atoms with Crippen LogP contribution in [0.5, 0.6) is 5.75 Å². The fraction of sp³-hybridized carbons (Fsp3) is 0.880. The number of hydrogen-bond acceptors (Lipinski definition) is 38. The van der Waals surface area contributed by atoms with Crippen LogP contribution in [0.15, 0.2) is 24.3 Å². The summed E-state index contributed by atoms with van der Waals surface area (Å²) < 4.78 is 90.4. The molecule has 1 aromatic rings. The van der Waals surface area contributed by atoms with Gasteiger partial charge in [0.25, 0.3) is 5.69 Å². The van der Waals surface area contributed by atoms with Crippen molar-refractivity contribution in [3.63, 3.8) is 0 Å². The Morgan fingerprint density at radius 1 is 0.382 bits per heavy atom. The van der Waals surface area contributed by atoms with Crippen LogP contribution in [0.2, 0.25) is 0 Å². The molecular weight excluding hydrogens is 1220 g/mol. The van der Waals surface area contributed by atoms with E-state index in [4.69, 9.17) is 75.8 Å². The summed E-state index contributed by atoms with van der Waals surface area (Å²) in [5.74, 6) is -0.0413. The first-order valence-electron chi connectivity index (χ1n) is 28.3. The molecule has 0 spiro atoms. The molecule has 8 fully saturated rings. The number of fused-ring (bicyclic) bond motifs is 1. The highest BCUT2D eigenvalue weighted by Gasteiger charge is 2.59. The zero-order valence-corrected chi connectivity index (χ0v) is 46.8. The van der Waals surface area contributed by atoms with E-state index in [0.717, 1.165) is 12.1 Å². The molecular formula is C50H77NO38. The van der Waals surface area contributed by atoms with Crippen LogP contribution in [-0.2, 0) is 71.1 Å². The number of hydrogen-bond donors (Lipinski definition) is 20. The second-order valence-corrected chi connectivity index (χ2v) is 22.2. The maximum atomic E-state index is 11.4. The Balaban J connectivity index is 0.776. The van der Waals surface area contributed by atoms with E-state index in [9.17, 15) is 112 Å². The van der Waals surface area contributed by atoms with Crippen molar-refractivity contribution in [1.82, 2.24) is 0 Å². The van der Waals surface area contributed by atoms with Gasteiger partial charge in [-0.3, -0.25) is 10.1 Å². The van der Waals surface area contributed by atoms with Gasteiger partial charge in [0, 0.05) is 12.1 Å². The highest BCUT2D eigenvalue weighted by molar-refractivity contribution is 5.36. The van der Waals surface area contributed by atoms with Gasteiger partial charge in [0.2, 0.25) is 6.29 Å². The normalized spacial score (nSPS) is 49.8. The Labute approximate surface area is 502 Å². The highest BCUT2D eigenvalue weighted by atomic mass is 16.8. The minimum atomic E-state index is -2.24. The third kappa shape index (κ3) is 14.6. The first kappa shape index (κ1) is 70.3. The first-order chi connectivity index (χ1) is 42.4. The van der Waals surface area contributed by atoms with E-state index in [2.05, 4.69) is 0 Å². The van der Waals surface area contributed by atoms with Gasteiger partial charge >= 0.3 is 0 Å². The average molecular weight is 1300 g/mol. The fourth-order valence-corrected chi connectivity index (χ4v) is 11.5. The molecule has 8 aliphatic rings. The quantitative estimate of drug-likeness (QED) is 0.0401. The fourth-order valence-electron chi connectivity index (χ4n) is 11.5. The Morgan fingerprint density at radius 2 is 0.640 bits per heavy atom. The van der Waals surface area contributed by atoms with Crippen molar-refractivity contribution < 1.29 is 183 Å². The number of rotatable bonds is 21. The van der Waals surface area contributed by atoms with Crippen LogP contribution < -0.4 is 4.74 Å². The average Bonchev–Trinajstić information content (AvgIpc) is 1.71. The number of aliphatic hydroxyl groups excluding tert-OH is 20. The lowest BCUT2D eigenvalue weighted by Crippen LogP contribution is -2.68. The lowest BCUT2D eigenvalue weighted by Gasteiger charge is -2.50. The van der Waals surface area contributed by atoms with Crippen LogP contribution >= 0.6 is 0 Å². The summed E-state index contributed by atoms with van der Waals surface area (Å²) in [6.45, 7) is -4.55. The monoisotopic (exact) mass is 1300 g/mol. The van der Waals surface area contributed by atoms with Gasteiger partial charge in [-0.15, -0.1) is 0 Å². The summed E-state index contributed by atoms with van der Waals surface area (Å²) >= 11 is 0. The molecule has 0 aliphatic carbocycles. The van der Waals surface area contributed by atoms with Crippen molar-refractivity contribution >= 4 is 5.69 Å². The number of non-ortho nitro benzene ring substituents is 1. The highest BCUT2D eigenvalue weighted by Crippen LogP contribution is 2.39. The predicted octanol–water partition coefficient (Wildman–Crippen LogP) is -12.9. The number of ether oxygens (including phenoxy) is 16. The van der Waals surface area contributed by atoms with Gasteiger partial charge in [0.15, 0.2) is 44.0 Å². The summed E-state index contributed by atoms with van der Waals surface area (Å²) in [4.78, 5) is 10.4. The van der Waals surface area contributed by atoms with Gasteiger partial charge < -0.3 is 178 Å². The van der Waals surface area contributed by atoms with Gasteiger partial charge in [-0.05, 0) is 19.1 Å². The Hall–Kier alpha value is -2.98. The molecule has 20 N–H and O–H groups in total. The van der Waals surface area contributed by atoms with E-state index < -0.39 is 266 Å². The molecule has 0 amide bonds. The molecule has 9 rings (SSSR count). The SMILES string of the molecule is CC1OC[C@H]2O[C@H](O[C@H]3[C@H](O)[C@@H](O)[C@@H](O[C@H]4[C@H](O)[C@@H](O)[C@@H](O[C@H]5[C@H](O)[C@@H](O)[C@@H](O[C@H]6[C@H](O)[C@@H](O)[C@@H](O[C@H]7[C@H](O)[C@@H](O)[C@@H](O[C@H]8[C@H](O)[C@@H](O)[C@@H](Oc9ccc([N+](=O)[O-])cc9)O[C@@H]8CO)O[C@@H]7CO)O[C@@H]6CO)O[C@@H]5CO)O[C@@H]4CO)O[C@@H]3CO)[C@H](O)[C@@H](O)[C@@H]2O1. The topological polar surface area (TPSA) is 595 Å². The Bertz CT molecular complexity index is 2360. The van der Waals surface area contributed by atoms with Crippen LogP contribution in [0.1, 0.15) is 6.92 Å². The molecule has 0 aromatic heterocycles. The van der Waals surface area contributed by atoms with Crippen molar-refractivity contribution in [3.8, 4) is 5.75 Å². The van der Waals surface area contributed by atoms with Crippen LogP contribution in [-0.4, -0.2) is 375 Å². The number of nitrogens with zero attached hydrogens (tertiary/aromatic N) is 1. The molecule has 0 radical (unpaired) electrons. The molecule has 39 nitrogen and oxygen atoms in total. The summed E-state index contributed by atoms with van der Waals surface area (Å²) in [5, 5.41) is 229. The van der Waals surface area contributed by atoms with Gasteiger partial charge in [-0.1, -0.05) is 0 Å². The molecule has 89 heavy (non-hydrogen) atoms. The van der Waals surface area contributed by atoms with Gasteiger partial charge in [-0.2, -0.15) is 0 Å². The van der Waals surface area contributed by atoms with Crippen LogP contribution in [0.3, 0.4) is 0 Å². The molecule has 0 saturated carbocycles.